The molecule has 0 aliphatic rings. The molecule has 0 unspecified atom stereocenters. The number of anilines is 2. The second kappa shape index (κ2) is 9.22. The van der Waals surface area contributed by atoms with E-state index in [1.807, 2.05) is 68.4 Å². The highest BCUT2D eigenvalue weighted by atomic mass is 16.2. The van der Waals surface area contributed by atoms with E-state index in [1.165, 1.54) is 4.80 Å². The van der Waals surface area contributed by atoms with Crippen molar-refractivity contribution in [2.75, 3.05) is 10.6 Å². The molecule has 4 aromatic rings. The number of hydrogen-bond acceptors (Lipinski definition) is 5. The van der Waals surface area contributed by atoms with Crippen LogP contribution < -0.4 is 10.6 Å². The highest BCUT2D eigenvalue weighted by molar-refractivity contribution is 6.06. The number of carbonyl (C=O) groups excluding carboxylic acids is 2. The van der Waals surface area contributed by atoms with E-state index in [2.05, 4.69) is 26.0 Å². The molecule has 0 aliphatic heterocycles. The summed E-state index contributed by atoms with van der Waals surface area (Å²) in [6.45, 7) is 3.83. The number of nitrogens with zero attached hydrogens (tertiary/aromatic N) is 4. The number of carbonyl (C=O) groups is 2. The lowest BCUT2D eigenvalue weighted by molar-refractivity contribution is -0.117. The molecule has 0 aliphatic carbocycles. The topological polar surface area (TPSA) is 102 Å². The zero-order chi connectivity index (χ0) is 22.5. The minimum Gasteiger partial charge on any atom is -0.324 e. The van der Waals surface area contributed by atoms with Crippen LogP contribution in [-0.2, 0) is 11.3 Å². The molecule has 0 spiro atoms. The highest BCUT2D eigenvalue weighted by Gasteiger charge is 2.15. The average Bonchev–Trinajstić information content (AvgIpc) is 3.24. The maximum Gasteiger partial charge on any atom is 0.255 e. The second-order valence-corrected chi connectivity index (χ2v) is 7.43. The normalized spacial score (nSPS) is 10.6. The standard InChI is InChI=1S/C24H22N6O2/c1-16-10-12-19(13-11-16)25-22(31)15-30-28-23(27-29-30)20-8-3-4-9-21(20)26-24(32)18-7-5-6-17(2)14-18/h3-14H,15H2,1-2H3,(H,25,31)(H,26,32). The fraction of sp³-hybridized carbons (Fsp3) is 0.125. The van der Waals surface area contributed by atoms with Crippen LogP contribution in [0.1, 0.15) is 21.5 Å². The zero-order valence-corrected chi connectivity index (χ0v) is 17.7. The molecular weight excluding hydrogens is 404 g/mol. The van der Waals surface area contributed by atoms with Gasteiger partial charge in [-0.1, -0.05) is 47.5 Å². The van der Waals surface area contributed by atoms with Gasteiger partial charge in [-0.2, -0.15) is 4.80 Å². The summed E-state index contributed by atoms with van der Waals surface area (Å²) < 4.78 is 0. The van der Waals surface area contributed by atoms with Crippen LogP contribution in [0.25, 0.3) is 11.4 Å². The summed E-state index contributed by atoms with van der Waals surface area (Å²) >= 11 is 0. The molecule has 1 heterocycles. The third kappa shape index (κ3) is 5.04. The number of rotatable bonds is 6. The van der Waals surface area contributed by atoms with Gasteiger partial charge in [0, 0.05) is 16.8 Å². The molecule has 0 radical (unpaired) electrons. The number of hydrogen-bond donors (Lipinski definition) is 2. The number of tetrazole rings is 1. The van der Waals surface area contributed by atoms with Crippen LogP contribution in [0.4, 0.5) is 11.4 Å². The minimum atomic E-state index is -0.265. The first-order chi connectivity index (χ1) is 15.5. The van der Waals surface area contributed by atoms with Crippen molar-refractivity contribution in [2.45, 2.75) is 20.4 Å². The van der Waals surface area contributed by atoms with Crippen LogP contribution >= 0.6 is 0 Å². The van der Waals surface area contributed by atoms with Crippen molar-refractivity contribution in [1.29, 1.82) is 0 Å². The molecule has 2 amide bonds. The molecule has 4 rings (SSSR count). The number of para-hydroxylation sites is 1. The van der Waals surface area contributed by atoms with Crippen molar-refractivity contribution in [3.63, 3.8) is 0 Å². The molecule has 3 aromatic carbocycles. The number of aromatic nitrogens is 4. The quantitative estimate of drug-likeness (QED) is 0.488. The van der Waals surface area contributed by atoms with Crippen molar-refractivity contribution in [2.24, 2.45) is 0 Å². The zero-order valence-electron chi connectivity index (χ0n) is 17.7. The molecule has 0 bridgehead atoms. The largest absolute Gasteiger partial charge is 0.324 e. The third-order valence-corrected chi connectivity index (χ3v) is 4.77. The Morgan fingerprint density at radius 1 is 0.875 bits per heavy atom. The SMILES string of the molecule is Cc1ccc(NC(=O)Cn2nnc(-c3ccccc3NC(=O)c3cccc(C)c3)n2)cc1. The van der Waals surface area contributed by atoms with Crippen LogP contribution in [0, 0.1) is 13.8 Å². The Hall–Kier alpha value is -4.33. The van der Waals surface area contributed by atoms with Gasteiger partial charge in [0.25, 0.3) is 5.91 Å². The number of aryl methyl sites for hydroxylation is 2. The lowest BCUT2D eigenvalue weighted by Crippen LogP contribution is -2.20. The van der Waals surface area contributed by atoms with Gasteiger partial charge < -0.3 is 10.6 Å². The molecule has 8 heteroatoms. The Kier molecular flexibility index (Phi) is 6.03. The summed E-state index contributed by atoms with van der Waals surface area (Å²) in [5.41, 5.74) is 4.54. The summed E-state index contributed by atoms with van der Waals surface area (Å²) in [4.78, 5) is 26.2. The van der Waals surface area contributed by atoms with E-state index in [0.29, 0.717) is 28.3 Å². The minimum absolute atomic E-state index is 0.0846. The number of nitrogens with one attached hydrogen (secondary N) is 2. The Morgan fingerprint density at radius 3 is 2.44 bits per heavy atom. The van der Waals surface area contributed by atoms with E-state index in [9.17, 15) is 9.59 Å². The predicted molar refractivity (Wildman–Crippen MR) is 122 cm³/mol. The lowest BCUT2D eigenvalue weighted by atomic mass is 10.1. The van der Waals surface area contributed by atoms with E-state index >= 15 is 0 Å². The lowest BCUT2D eigenvalue weighted by Gasteiger charge is -2.09. The van der Waals surface area contributed by atoms with Crippen LogP contribution in [0.15, 0.2) is 72.8 Å². The van der Waals surface area contributed by atoms with Gasteiger partial charge in [-0.15, -0.1) is 10.2 Å². The monoisotopic (exact) mass is 426 g/mol. The van der Waals surface area contributed by atoms with Crippen molar-refractivity contribution in [3.05, 3.63) is 89.5 Å². The van der Waals surface area contributed by atoms with Crippen molar-refractivity contribution in [3.8, 4) is 11.4 Å². The Morgan fingerprint density at radius 2 is 1.66 bits per heavy atom. The fourth-order valence-electron chi connectivity index (χ4n) is 3.15. The molecular formula is C24H22N6O2. The second-order valence-electron chi connectivity index (χ2n) is 7.43. The molecule has 160 valence electrons. The first kappa shape index (κ1) is 20.9. The Balaban J connectivity index is 1.47. The Labute approximate surface area is 185 Å². The molecule has 0 fully saturated rings. The van der Waals surface area contributed by atoms with Crippen molar-refractivity contribution < 1.29 is 9.59 Å². The summed E-state index contributed by atoms with van der Waals surface area (Å²) in [5.74, 6) is -0.182. The van der Waals surface area contributed by atoms with E-state index in [4.69, 9.17) is 0 Å². The summed E-state index contributed by atoms with van der Waals surface area (Å²) in [6, 6.07) is 22.1. The molecule has 0 atom stereocenters. The van der Waals surface area contributed by atoms with Crippen LogP contribution in [0.3, 0.4) is 0 Å². The summed E-state index contributed by atoms with van der Waals surface area (Å²) in [6.07, 6.45) is 0. The molecule has 2 N–H and O–H groups in total. The van der Waals surface area contributed by atoms with Crippen LogP contribution in [-0.4, -0.2) is 32.0 Å². The van der Waals surface area contributed by atoms with E-state index in [-0.39, 0.29) is 18.4 Å². The van der Waals surface area contributed by atoms with E-state index in [0.717, 1.165) is 11.1 Å². The maximum atomic E-state index is 12.7. The first-order valence-corrected chi connectivity index (χ1v) is 10.1. The van der Waals surface area contributed by atoms with E-state index < -0.39 is 0 Å². The van der Waals surface area contributed by atoms with Gasteiger partial charge in [0.15, 0.2) is 0 Å². The van der Waals surface area contributed by atoms with Gasteiger partial charge >= 0.3 is 0 Å². The Bertz CT molecular complexity index is 1260. The smallest absolute Gasteiger partial charge is 0.255 e. The highest BCUT2D eigenvalue weighted by Crippen LogP contribution is 2.25. The summed E-state index contributed by atoms with van der Waals surface area (Å²) in [5, 5.41) is 18.1. The summed E-state index contributed by atoms with van der Waals surface area (Å²) in [7, 11) is 0. The fourth-order valence-corrected chi connectivity index (χ4v) is 3.15. The molecule has 1 aromatic heterocycles. The first-order valence-electron chi connectivity index (χ1n) is 10.1. The van der Waals surface area contributed by atoms with Gasteiger partial charge in [-0.25, -0.2) is 0 Å². The van der Waals surface area contributed by atoms with Crippen LogP contribution in [0.5, 0.6) is 0 Å². The molecule has 0 saturated heterocycles. The van der Waals surface area contributed by atoms with Gasteiger partial charge in [0.2, 0.25) is 11.7 Å². The van der Waals surface area contributed by atoms with Crippen molar-refractivity contribution >= 4 is 23.2 Å². The molecule has 8 nitrogen and oxygen atoms in total. The van der Waals surface area contributed by atoms with Gasteiger partial charge in [0.05, 0.1) is 5.69 Å². The van der Waals surface area contributed by atoms with Crippen molar-refractivity contribution in [1.82, 2.24) is 20.2 Å². The van der Waals surface area contributed by atoms with Gasteiger partial charge in [-0.3, -0.25) is 9.59 Å². The number of benzene rings is 3. The molecule has 0 saturated carbocycles. The average molecular weight is 426 g/mol. The number of amides is 2. The van der Waals surface area contributed by atoms with Gasteiger partial charge in [-0.05, 0) is 55.5 Å². The van der Waals surface area contributed by atoms with Gasteiger partial charge in [0.1, 0.15) is 6.54 Å². The van der Waals surface area contributed by atoms with Crippen LogP contribution in [0.2, 0.25) is 0 Å². The predicted octanol–water partition coefficient (Wildman–Crippen LogP) is 3.85. The van der Waals surface area contributed by atoms with E-state index in [1.54, 1.807) is 18.2 Å². The third-order valence-electron chi connectivity index (χ3n) is 4.77. The molecule has 32 heavy (non-hydrogen) atoms. The maximum absolute atomic E-state index is 12.7.